The first-order valence-electron chi connectivity index (χ1n) is 7.86. The predicted octanol–water partition coefficient (Wildman–Crippen LogP) is 4.54. The molecule has 0 aliphatic carbocycles. The van der Waals surface area contributed by atoms with Crippen LogP contribution in [0.4, 0.5) is 0 Å². The number of aryl methyl sites for hydroxylation is 2. The number of aromatic hydroxyl groups is 1. The van der Waals surface area contributed by atoms with E-state index in [9.17, 15) is 9.90 Å². The van der Waals surface area contributed by atoms with Gasteiger partial charge in [0.05, 0.1) is 0 Å². The predicted molar refractivity (Wildman–Crippen MR) is 91.9 cm³/mol. The third-order valence-corrected chi connectivity index (χ3v) is 3.84. The van der Waals surface area contributed by atoms with Crippen molar-refractivity contribution < 1.29 is 14.6 Å². The van der Waals surface area contributed by atoms with Crippen LogP contribution in [0.1, 0.15) is 43.9 Å². The minimum atomic E-state index is -0.249. The first-order valence-corrected chi connectivity index (χ1v) is 7.86. The molecule has 0 atom stereocenters. The molecule has 0 aliphatic rings. The number of para-hydroxylation sites is 1. The lowest BCUT2D eigenvalue weighted by atomic mass is 9.84. The van der Waals surface area contributed by atoms with Gasteiger partial charge in [0.1, 0.15) is 11.5 Å². The topological polar surface area (TPSA) is 46.5 Å². The van der Waals surface area contributed by atoms with E-state index >= 15 is 0 Å². The monoisotopic (exact) mass is 312 g/mol. The van der Waals surface area contributed by atoms with E-state index in [0.29, 0.717) is 24.3 Å². The van der Waals surface area contributed by atoms with E-state index in [0.717, 1.165) is 16.7 Å². The van der Waals surface area contributed by atoms with Crippen LogP contribution in [0.3, 0.4) is 0 Å². The summed E-state index contributed by atoms with van der Waals surface area (Å²) in [5, 5.41) is 10.1. The lowest BCUT2D eigenvalue weighted by molar-refractivity contribution is -0.134. The van der Waals surface area contributed by atoms with E-state index in [1.54, 1.807) is 18.2 Å². The smallest absolute Gasteiger partial charge is 0.311 e. The van der Waals surface area contributed by atoms with Crippen LogP contribution in [-0.4, -0.2) is 11.1 Å². The lowest BCUT2D eigenvalue weighted by Gasteiger charge is -2.22. The van der Waals surface area contributed by atoms with Crippen molar-refractivity contribution in [2.45, 2.75) is 46.0 Å². The summed E-state index contributed by atoms with van der Waals surface area (Å²) in [4.78, 5) is 12.0. The van der Waals surface area contributed by atoms with Crippen molar-refractivity contribution in [3.05, 3.63) is 59.2 Å². The number of carbonyl (C=O) groups excluding carboxylic acids is 1. The molecule has 2 rings (SSSR count). The van der Waals surface area contributed by atoms with Crippen LogP contribution in [-0.2, 0) is 16.6 Å². The number of carbonyl (C=O) groups is 1. The average Bonchev–Trinajstić information content (AvgIpc) is 2.46. The Morgan fingerprint density at radius 1 is 1.13 bits per heavy atom. The second-order valence-electron chi connectivity index (χ2n) is 6.83. The lowest BCUT2D eigenvalue weighted by Crippen LogP contribution is -2.13. The Hall–Kier alpha value is -2.29. The molecule has 3 heteroatoms. The van der Waals surface area contributed by atoms with Crippen LogP contribution in [0.25, 0.3) is 0 Å². The Balaban J connectivity index is 2.07. The number of rotatable bonds is 4. The van der Waals surface area contributed by atoms with Crippen molar-refractivity contribution in [2.75, 3.05) is 0 Å². The first kappa shape index (κ1) is 17.1. The highest BCUT2D eigenvalue weighted by Crippen LogP contribution is 2.33. The van der Waals surface area contributed by atoms with Gasteiger partial charge in [-0.05, 0) is 53.6 Å². The van der Waals surface area contributed by atoms with E-state index in [1.807, 2.05) is 31.2 Å². The summed E-state index contributed by atoms with van der Waals surface area (Å²) >= 11 is 0. The number of phenols is 1. The molecule has 0 fully saturated rings. The molecule has 0 saturated heterocycles. The van der Waals surface area contributed by atoms with E-state index in [4.69, 9.17) is 4.74 Å². The zero-order valence-electron chi connectivity index (χ0n) is 14.2. The molecule has 0 aromatic heterocycles. The molecule has 2 aromatic carbocycles. The molecule has 0 saturated carbocycles. The summed E-state index contributed by atoms with van der Waals surface area (Å²) < 4.78 is 5.31. The van der Waals surface area contributed by atoms with E-state index in [-0.39, 0.29) is 11.4 Å². The zero-order chi connectivity index (χ0) is 17.0. The normalized spacial score (nSPS) is 11.3. The SMILES string of the molecule is Cc1cc(O)c(C(C)(C)C)cc1CCC(=O)Oc1ccccc1. The summed E-state index contributed by atoms with van der Waals surface area (Å²) in [6, 6.07) is 12.9. The molecule has 2 aromatic rings. The van der Waals surface area contributed by atoms with Gasteiger partial charge >= 0.3 is 5.97 Å². The largest absolute Gasteiger partial charge is 0.508 e. The van der Waals surface area contributed by atoms with Crippen molar-refractivity contribution >= 4 is 5.97 Å². The van der Waals surface area contributed by atoms with Gasteiger partial charge in [0.25, 0.3) is 0 Å². The van der Waals surface area contributed by atoms with Crippen LogP contribution in [0, 0.1) is 6.92 Å². The van der Waals surface area contributed by atoms with Crippen LogP contribution in [0.5, 0.6) is 11.5 Å². The highest BCUT2D eigenvalue weighted by molar-refractivity contribution is 5.72. The minimum Gasteiger partial charge on any atom is -0.508 e. The fourth-order valence-electron chi connectivity index (χ4n) is 2.52. The zero-order valence-corrected chi connectivity index (χ0v) is 14.2. The van der Waals surface area contributed by atoms with Gasteiger partial charge < -0.3 is 9.84 Å². The Morgan fingerprint density at radius 2 is 1.78 bits per heavy atom. The van der Waals surface area contributed by atoms with Gasteiger partial charge in [0.2, 0.25) is 0 Å². The third-order valence-electron chi connectivity index (χ3n) is 3.84. The number of phenolic OH excluding ortho intramolecular Hbond substituents is 1. The fourth-order valence-corrected chi connectivity index (χ4v) is 2.52. The number of hydrogen-bond acceptors (Lipinski definition) is 3. The maximum atomic E-state index is 12.0. The summed E-state index contributed by atoms with van der Waals surface area (Å²) in [6.45, 7) is 8.13. The molecule has 3 nitrogen and oxygen atoms in total. The maximum Gasteiger partial charge on any atom is 0.311 e. The summed E-state index contributed by atoms with van der Waals surface area (Å²) in [7, 11) is 0. The van der Waals surface area contributed by atoms with E-state index in [2.05, 4.69) is 20.8 Å². The van der Waals surface area contributed by atoms with Crippen LogP contribution >= 0.6 is 0 Å². The van der Waals surface area contributed by atoms with Gasteiger partial charge in [0, 0.05) is 6.42 Å². The Bertz CT molecular complexity index is 682. The molecule has 0 amide bonds. The molecule has 23 heavy (non-hydrogen) atoms. The molecule has 0 heterocycles. The fraction of sp³-hybridized carbons (Fsp3) is 0.350. The molecular formula is C20H24O3. The highest BCUT2D eigenvalue weighted by Gasteiger charge is 2.20. The van der Waals surface area contributed by atoms with Crippen molar-refractivity contribution in [1.29, 1.82) is 0 Å². The molecule has 0 radical (unpaired) electrons. The van der Waals surface area contributed by atoms with Crippen LogP contribution in [0.15, 0.2) is 42.5 Å². The second kappa shape index (κ2) is 6.86. The molecule has 0 spiro atoms. The van der Waals surface area contributed by atoms with Gasteiger partial charge in [-0.25, -0.2) is 0 Å². The Kier molecular flexibility index (Phi) is 5.09. The number of ether oxygens (including phenoxy) is 1. The minimum absolute atomic E-state index is 0.142. The van der Waals surface area contributed by atoms with E-state index < -0.39 is 0 Å². The average molecular weight is 312 g/mol. The second-order valence-corrected chi connectivity index (χ2v) is 6.83. The molecule has 0 bridgehead atoms. The highest BCUT2D eigenvalue weighted by atomic mass is 16.5. The third kappa shape index (κ3) is 4.59. The van der Waals surface area contributed by atoms with E-state index in [1.165, 1.54) is 0 Å². The Morgan fingerprint density at radius 3 is 2.39 bits per heavy atom. The van der Waals surface area contributed by atoms with Crippen LogP contribution < -0.4 is 4.74 Å². The summed E-state index contributed by atoms with van der Waals surface area (Å²) in [5.74, 6) is 0.627. The summed E-state index contributed by atoms with van der Waals surface area (Å²) in [6.07, 6.45) is 0.908. The Labute approximate surface area is 137 Å². The number of benzene rings is 2. The molecule has 0 unspecified atom stereocenters. The van der Waals surface area contributed by atoms with Crippen LogP contribution in [0.2, 0.25) is 0 Å². The van der Waals surface area contributed by atoms with Gasteiger partial charge in [-0.3, -0.25) is 4.79 Å². The van der Waals surface area contributed by atoms with Gasteiger partial charge in [-0.2, -0.15) is 0 Å². The standard InChI is InChI=1S/C20H24O3/c1-14-12-18(21)17(20(2,3)4)13-15(14)10-11-19(22)23-16-8-6-5-7-9-16/h5-9,12-13,21H,10-11H2,1-4H3. The van der Waals surface area contributed by atoms with Gasteiger partial charge in [-0.1, -0.05) is 45.0 Å². The van der Waals surface area contributed by atoms with Crippen molar-refractivity contribution in [1.82, 2.24) is 0 Å². The van der Waals surface area contributed by atoms with Crippen molar-refractivity contribution in [3.8, 4) is 11.5 Å². The molecular weight excluding hydrogens is 288 g/mol. The molecule has 122 valence electrons. The van der Waals surface area contributed by atoms with Gasteiger partial charge in [-0.15, -0.1) is 0 Å². The van der Waals surface area contributed by atoms with Crippen molar-refractivity contribution in [3.63, 3.8) is 0 Å². The maximum absolute atomic E-state index is 12.0. The molecule has 1 N–H and O–H groups in total. The first-order chi connectivity index (χ1) is 10.8. The van der Waals surface area contributed by atoms with Crippen molar-refractivity contribution in [2.24, 2.45) is 0 Å². The quantitative estimate of drug-likeness (QED) is 0.666. The van der Waals surface area contributed by atoms with Gasteiger partial charge in [0.15, 0.2) is 0 Å². The number of hydrogen-bond donors (Lipinski definition) is 1. The molecule has 0 aliphatic heterocycles. The summed E-state index contributed by atoms with van der Waals surface area (Å²) in [5.41, 5.74) is 2.81. The number of esters is 1.